The van der Waals surface area contributed by atoms with Crippen molar-refractivity contribution in [2.24, 2.45) is 0 Å². The molecule has 0 aliphatic rings. The molecule has 0 saturated heterocycles. The largest absolute Gasteiger partial charge is 0.298 e. The Morgan fingerprint density at radius 2 is 1.79 bits per heavy atom. The molecule has 5 heteroatoms. The molecule has 0 aliphatic heterocycles. The SMILES string of the molecule is O=Cc1ccc(Cl)c(C(=O)c2ccccc2Br)c1Cl. The van der Waals surface area contributed by atoms with Crippen LogP contribution in [0.1, 0.15) is 26.3 Å². The predicted octanol–water partition coefficient (Wildman–Crippen LogP) is 4.80. The van der Waals surface area contributed by atoms with Gasteiger partial charge in [0.15, 0.2) is 12.1 Å². The molecule has 0 saturated carbocycles. The van der Waals surface area contributed by atoms with Gasteiger partial charge in [0, 0.05) is 15.6 Å². The van der Waals surface area contributed by atoms with E-state index in [1.165, 1.54) is 12.1 Å². The van der Waals surface area contributed by atoms with Crippen molar-refractivity contribution in [1.29, 1.82) is 0 Å². The van der Waals surface area contributed by atoms with E-state index in [-0.39, 0.29) is 27.0 Å². The molecule has 0 aromatic heterocycles. The van der Waals surface area contributed by atoms with Gasteiger partial charge < -0.3 is 0 Å². The first-order valence-corrected chi connectivity index (χ1v) is 6.83. The lowest BCUT2D eigenvalue weighted by Gasteiger charge is -2.09. The van der Waals surface area contributed by atoms with E-state index in [4.69, 9.17) is 23.2 Å². The van der Waals surface area contributed by atoms with Gasteiger partial charge in [0.1, 0.15) is 0 Å². The third-order valence-electron chi connectivity index (χ3n) is 2.59. The Labute approximate surface area is 128 Å². The molecule has 0 atom stereocenters. The highest BCUT2D eigenvalue weighted by atomic mass is 79.9. The van der Waals surface area contributed by atoms with Crippen LogP contribution in [0.15, 0.2) is 40.9 Å². The first-order chi connectivity index (χ1) is 9.06. The highest BCUT2D eigenvalue weighted by Crippen LogP contribution is 2.31. The Kier molecular flexibility index (Phi) is 4.40. The maximum Gasteiger partial charge on any atom is 0.197 e. The van der Waals surface area contributed by atoms with Crippen LogP contribution in [0.4, 0.5) is 0 Å². The molecule has 2 aromatic carbocycles. The van der Waals surface area contributed by atoms with Crippen LogP contribution >= 0.6 is 39.1 Å². The molecule has 0 spiro atoms. The molecule has 0 aliphatic carbocycles. The Balaban J connectivity index is 2.63. The molecule has 2 rings (SSSR count). The summed E-state index contributed by atoms with van der Waals surface area (Å²) < 4.78 is 0.642. The van der Waals surface area contributed by atoms with Crippen LogP contribution in [0, 0.1) is 0 Å². The van der Waals surface area contributed by atoms with Crippen molar-refractivity contribution in [3.63, 3.8) is 0 Å². The third kappa shape index (κ3) is 2.73. The number of carbonyl (C=O) groups excluding carboxylic acids is 2. The summed E-state index contributed by atoms with van der Waals surface area (Å²) >= 11 is 15.4. The van der Waals surface area contributed by atoms with Gasteiger partial charge in [0.2, 0.25) is 0 Å². The summed E-state index contributed by atoms with van der Waals surface area (Å²) in [5.74, 6) is -0.328. The molecule has 0 heterocycles. The van der Waals surface area contributed by atoms with E-state index in [0.717, 1.165) is 0 Å². The zero-order valence-electron chi connectivity index (χ0n) is 9.49. The molecule has 0 amide bonds. The smallest absolute Gasteiger partial charge is 0.197 e. The Bertz CT molecular complexity index is 668. The molecule has 0 unspecified atom stereocenters. The monoisotopic (exact) mass is 356 g/mol. The van der Waals surface area contributed by atoms with Gasteiger partial charge in [-0.15, -0.1) is 0 Å². The van der Waals surface area contributed by atoms with Crippen LogP contribution in [0.25, 0.3) is 0 Å². The van der Waals surface area contributed by atoms with Crippen molar-refractivity contribution < 1.29 is 9.59 Å². The van der Waals surface area contributed by atoms with Gasteiger partial charge in [-0.2, -0.15) is 0 Å². The van der Waals surface area contributed by atoms with Crippen LogP contribution < -0.4 is 0 Å². The topological polar surface area (TPSA) is 34.1 Å². The first-order valence-electron chi connectivity index (χ1n) is 5.28. The number of halogens is 3. The fourth-order valence-electron chi connectivity index (χ4n) is 1.65. The molecule has 0 radical (unpaired) electrons. The number of benzene rings is 2. The molecule has 0 fully saturated rings. The van der Waals surface area contributed by atoms with E-state index in [1.54, 1.807) is 24.3 Å². The summed E-state index contributed by atoms with van der Waals surface area (Å²) in [6, 6.07) is 9.91. The molecular weight excluding hydrogens is 351 g/mol. The standard InChI is InChI=1S/C14H7BrCl2O2/c15-10-4-2-1-3-9(10)14(19)12-11(16)6-5-8(7-18)13(12)17/h1-7H. The Morgan fingerprint density at radius 1 is 1.11 bits per heavy atom. The van der Waals surface area contributed by atoms with Gasteiger partial charge in [0.05, 0.1) is 15.6 Å². The van der Waals surface area contributed by atoms with Crippen molar-refractivity contribution in [2.45, 2.75) is 0 Å². The van der Waals surface area contributed by atoms with E-state index in [0.29, 0.717) is 16.3 Å². The van der Waals surface area contributed by atoms with Crippen molar-refractivity contribution in [3.8, 4) is 0 Å². The zero-order valence-corrected chi connectivity index (χ0v) is 12.6. The third-order valence-corrected chi connectivity index (χ3v) is 4.01. The van der Waals surface area contributed by atoms with Gasteiger partial charge in [-0.3, -0.25) is 9.59 Å². The van der Waals surface area contributed by atoms with E-state index in [2.05, 4.69) is 15.9 Å². The molecule has 2 nitrogen and oxygen atoms in total. The normalized spacial score (nSPS) is 10.3. The average molecular weight is 358 g/mol. The van der Waals surface area contributed by atoms with Gasteiger partial charge in [-0.05, 0) is 24.3 Å². The van der Waals surface area contributed by atoms with Crippen molar-refractivity contribution >= 4 is 51.2 Å². The second-order valence-corrected chi connectivity index (χ2v) is 5.39. The minimum atomic E-state index is -0.328. The average Bonchev–Trinajstić information content (AvgIpc) is 2.39. The second kappa shape index (κ2) is 5.87. The summed E-state index contributed by atoms with van der Waals surface area (Å²) in [6.45, 7) is 0. The number of hydrogen-bond donors (Lipinski definition) is 0. The fourth-order valence-corrected chi connectivity index (χ4v) is 2.70. The molecule has 19 heavy (non-hydrogen) atoms. The fraction of sp³-hybridized carbons (Fsp3) is 0. The Hall–Kier alpha value is -1.16. The number of ketones is 1. The number of aldehydes is 1. The molecule has 2 aromatic rings. The van der Waals surface area contributed by atoms with Crippen LogP contribution in [0.2, 0.25) is 10.0 Å². The van der Waals surface area contributed by atoms with E-state index >= 15 is 0 Å². The first kappa shape index (κ1) is 14.3. The second-order valence-electron chi connectivity index (χ2n) is 3.75. The highest BCUT2D eigenvalue weighted by molar-refractivity contribution is 9.10. The van der Waals surface area contributed by atoms with Gasteiger partial charge >= 0.3 is 0 Å². The van der Waals surface area contributed by atoms with Crippen molar-refractivity contribution in [1.82, 2.24) is 0 Å². The Morgan fingerprint density at radius 3 is 2.42 bits per heavy atom. The van der Waals surface area contributed by atoms with Crippen molar-refractivity contribution in [3.05, 3.63) is 67.6 Å². The zero-order chi connectivity index (χ0) is 14.0. The molecule has 0 bridgehead atoms. The number of rotatable bonds is 3. The maximum absolute atomic E-state index is 12.5. The van der Waals surface area contributed by atoms with Gasteiger partial charge in [-0.25, -0.2) is 0 Å². The lowest BCUT2D eigenvalue weighted by atomic mass is 10.0. The summed E-state index contributed by atoms with van der Waals surface area (Å²) in [5, 5.41) is 0.291. The van der Waals surface area contributed by atoms with Crippen LogP contribution in [-0.2, 0) is 0 Å². The molecular formula is C14H7BrCl2O2. The van der Waals surface area contributed by atoms with Crippen LogP contribution in [-0.4, -0.2) is 12.1 Å². The van der Waals surface area contributed by atoms with E-state index in [9.17, 15) is 9.59 Å². The number of hydrogen-bond acceptors (Lipinski definition) is 2. The quantitative estimate of drug-likeness (QED) is 0.584. The van der Waals surface area contributed by atoms with Crippen LogP contribution in [0.3, 0.4) is 0 Å². The van der Waals surface area contributed by atoms with Crippen molar-refractivity contribution in [2.75, 3.05) is 0 Å². The van der Waals surface area contributed by atoms with Crippen LogP contribution in [0.5, 0.6) is 0 Å². The molecule has 96 valence electrons. The molecule has 0 N–H and O–H groups in total. The lowest BCUT2D eigenvalue weighted by molar-refractivity contribution is 0.103. The highest BCUT2D eigenvalue weighted by Gasteiger charge is 2.20. The van der Waals surface area contributed by atoms with E-state index < -0.39 is 0 Å². The minimum absolute atomic E-state index is 0.0725. The summed E-state index contributed by atoms with van der Waals surface area (Å²) in [6.07, 6.45) is 0.593. The summed E-state index contributed by atoms with van der Waals surface area (Å²) in [5.41, 5.74) is 0.815. The summed E-state index contributed by atoms with van der Waals surface area (Å²) in [7, 11) is 0. The lowest BCUT2D eigenvalue weighted by Crippen LogP contribution is -2.05. The number of carbonyl (C=O) groups is 2. The van der Waals surface area contributed by atoms with E-state index in [1.807, 2.05) is 0 Å². The summed E-state index contributed by atoms with van der Waals surface area (Å²) in [4.78, 5) is 23.3. The minimum Gasteiger partial charge on any atom is -0.298 e. The van der Waals surface area contributed by atoms with Gasteiger partial charge in [0.25, 0.3) is 0 Å². The predicted molar refractivity (Wildman–Crippen MR) is 79.4 cm³/mol. The van der Waals surface area contributed by atoms with Gasteiger partial charge in [-0.1, -0.05) is 51.3 Å². The maximum atomic E-state index is 12.5.